The molecule has 4 nitrogen and oxygen atoms in total. The first-order valence-corrected chi connectivity index (χ1v) is 6.61. The molecule has 0 spiro atoms. The van der Waals surface area contributed by atoms with Crippen molar-refractivity contribution in [1.82, 2.24) is 0 Å². The number of rotatable bonds is 2. The Balaban J connectivity index is 2.57. The highest BCUT2D eigenvalue weighted by Crippen LogP contribution is 2.30. The van der Waals surface area contributed by atoms with Crippen LogP contribution >= 0.6 is 0 Å². The molecule has 1 fully saturated rings. The zero-order chi connectivity index (χ0) is 11.8. The van der Waals surface area contributed by atoms with Gasteiger partial charge in [0.2, 0.25) is 10.0 Å². The third kappa shape index (κ3) is 2.03. The molecule has 0 aliphatic carbocycles. The highest BCUT2D eigenvalue weighted by Gasteiger charge is 2.24. The normalized spacial score (nSPS) is 16.8. The van der Waals surface area contributed by atoms with Crippen molar-refractivity contribution < 1.29 is 12.8 Å². The molecule has 0 bridgehead atoms. The Morgan fingerprint density at radius 3 is 2.44 bits per heavy atom. The molecule has 2 rings (SSSR count). The highest BCUT2D eigenvalue weighted by molar-refractivity contribution is 7.89. The smallest absolute Gasteiger partial charge is 0.240 e. The summed E-state index contributed by atoms with van der Waals surface area (Å²) in [5.41, 5.74) is 0.113. The molecule has 6 heteroatoms. The van der Waals surface area contributed by atoms with E-state index in [-0.39, 0.29) is 10.6 Å². The number of hydrogen-bond acceptors (Lipinski definition) is 3. The minimum Gasteiger partial charge on any atom is -0.368 e. The van der Waals surface area contributed by atoms with E-state index in [0.717, 1.165) is 12.8 Å². The van der Waals surface area contributed by atoms with E-state index >= 15 is 0 Å². The Labute approximate surface area is 93.9 Å². The van der Waals surface area contributed by atoms with Crippen molar-refractivity contribution in [2.45, 2.75) is 17.7 Å². The molecule has 0 unspecified atom stereocenters. The van der Waals surface area contributed by atoms with Gasteiger partial charge in [-0.25, -0.2) is 17.9 Å². The van der Waals surface area contributed by atoms with E-state index in [2.05, 4.69) is 0 Å². The summed E-state index contributed by atoms with van der Waals surface area (Å²) in [6, 6.07) is 3.95. The first-order chi connectivity index (χ1) is 7.50. The van der Waals surface area contributed by atoms with Crippen molar-refractivity contribution in [2.24, 2.45) is 5.14 Å². The minimum absolute atomic E-state index is 0.113. The summed E-state index contributed by atoms with van der Waals surface area (Å²) in [5, 5.41) is 5.07. The standard InChI is InChI=1S/C10H13FN2O2S/c11-8-4-3-5-9(16(12,14)15)10(8)13-6-1-2-7-13/h3-5H,1-2,6-7H2,(H2,12,14,15). The zero-order valence-electron chi connectivity index (χ0n) is 8.69. The Hall–Kier alpha value is -1.14. The van der Waals surface area contributed by atoms with Crippen molar-refractivity contribution in [3.05, 3.63) is 24.0 Å². The molecule has 1 saturated heterocycles. The average molecular weight is 244 g/mol. The van der Waals surface area contributed by atoms with Crippen LogP contribution in [0.25, 0.3) is 0 Å². The quantitative estimate of drug-likeness (QED) is 0.846. The number of nitrogens with zero attached hydrogens (tertiary/aromatic N) is 1. The molecule has 1 aliphatic heterocycles. The largest absolute Gasteiger partial charge is 0.368 e. The first-order valence-electron chi connectivity index (χ1n) is 5.06. The Bertz CT molecular complexity index is 496. The van der Waals surface area contributed by atoms with Crippen LogP contribution in [0.2, 0.25) is 0 Å². The van der Waals surface area contributed by atoms with Crippen LogP contribution in [0.1, 0.15) is 12.8 Å². The first kappa shape index (κ1) is 11.3. The van der Waals surface area contributed by atoms with E-state index in [1.165, 1.54) is 18.2 Å². The number of benzene rings is 1. The lowest BCUT2D eigenvalue weighted by molar-refractivity contribution is 0.591. The molecular weight excluding hydrogens is 231 g/mol. The average Bonchev–Trinajstić information content (AvgIpc) is 2.68. The van der Waals surface area contributed by atoms with Crippen molar-refractivity contribution in [3.8, 4) is 0 Å². The fourth-order valence-electron chi connectivity index (χ4n) is 1.97. The summed E-state index contributed by atoms with van der Waals surface area (Å²) in [6.07, 6.45) is 1.89. The van der Waals surface area contributed by atoms with E-state index in [4.69, 9.17) is 5.14 Å². The van der Waals surface area contributed by atoms with Gasteiger partial charge in [0, 0.05) is 13.1 Å². The molecule has 0 amide bonds. The van der Waals surface area contributed by atoms with Crippen LogP contribution in [0.5, 0.6) is 0 Å². The summed E-state index contributed by atoms with van der Waals surface area (Å²) in [5.74, 6) is -0.534. The number of halogens is 1. The SMILES string of the molecule is NS(=O)(=O)c1cccc(F)c1N1CCCC1. The summed E-state index contributed by atoms with van der Waals surface area (Å²) < 4.78 is 36.4. The third-order valence-electron chi connectivity index (χ3n) is 2.68. The number of para-hydroxylation sites is 1. The van der Waals surface area contributed by atoms with Gasteiger partial charge in [-0.3, -0.25) is 0 Å². The molecule has 2 N–H and O–H groups in total. The van der Waals surface area contributed by atoms with Crippen molar-refractivity contribution in [1.29, 1.82) is 0 Å². The highest BCUT2D eigenvalue weighted by atomic mass is 32.2. The second kappa shape index (κ2) is 4.03. The summed E-state index contributed by atoms with van der Waals surface area (Å²) in [7, 11) is -3.88. The predicted molar refractivity (Wildman–Crippen MR) is 59.2 cm³/mol. The van der Waals surface area contributed by atoms with E-state index in [1.807, 2.05) is 0 Å². The van der Waals surface area contributed by atoms with Gasteiger partial charge in [-0.1, -0.05) is 6.07 Å². The number of nitrogens with two attached hydrogens (primary N) is 1. The predicted octanol–water partition coefficient (Wildman–Crippen LogP) is 1.07. The maximum atomic E-state index is 13.7. The molecule has 0 atom stereocenters. The maximum Gasteiger partial charge on any atom is 0.240 e. The molecule has 88 valence electrons. The van der Waals surface area contributed by atoms with Crippen molar-refractivity contribution in [2.75, 3.05) is 18.0 Å². The van der Waals surface area contributed by atoms with Gasteiger partial charge >= 0.3 is 0 Å². The van der Waals surface area contributed by atoms with Crippen LogP contribution in [-0.2, 0) is 10.0 Å². The Morgan fingerprint density at radius 1 is 1.25 bits per heavy atom. The third-order valence-corrected chi connectivity index (χ3v) is 3.62. The Morgan fingerprint density at radius 2 is 1.88 bits per heavy atom. The van der Waals surface area contributed by atoms with Gasteiger partial charge in [0.1, 0.15) is 10.7 Å². The Kier molecular flexibility index (Phi) is 2.86. The summed E-state index contributed by atoms with van der Waals surface area (Å²) in [4.78, 5) is 1.60. The lowest BCUT2D eigenvalue weighted by Gasteiger charge is -2.20. The number of hydrogen-bond donors (Lipinski definition) is 1. The number of anilines is 1. The molecule has 0 radical (unpaired) electrons. The molecule has 0 saturated carbocycles. The van der Waals surface area contributed by atoms with Crippen molar-refractivity contribution in [3.63, 3.8) is 0 Å². The molecule has 1 aromatic carbocycles. The fraction of sp³-hybridized carbons (Fsp3) is 0.400. The summed E-state index contributed by atoms with van der Waals surface area (Å²) in [6.45, 7) is 1.34. The lowest BCUT2D eigenvalue weighted by Crippen LogP contribution is -2.24. The van der Waals surface area contributed by atoms with Gasteiger partial charge in [0.25, 0.3) is 0 Å². The molecule has 1 aliphatic rings. The van der Waals surface area contributed by atoms with E-state index in [0.29, 0.717) is 13.1 Å². The maximum absolute atomic E-state index is 13.7. The van der Waals surface area contributed by atoms with Gasteiger partial charge in [-0.05, 0) is 25.0 Å². The van der Waals surface area contributed by atoms with Gasteiger partial charge < -0.3 is 4.90 Å². The molecular formula is C10H13FN2O2S. The van der Waals surface area contributed by atoms with Crippen LogP contribution in [0.4, 0.5) is 10.1 Å². The van der Waals surface area contributed by atoms with Gasteiger partial charge in [-0.15, -0.1) is 0 Å². The minimum atomic E-state index is -3.88. The molecule has 16 heavy (non-hydrogen) atoms. The van der Waals surface area contributed by atoms with Gasteiger partial charge in [0.05, 0.1) is 5.69 Å². The summed E-state index contributed by atoms with van der Waals surface area (Å²) >= 11 is 0. The zero-order valence-corrected chi connectivity index (χ0v) is 9.50. The van der Waals surface area contributed by atoms with Gasteiger partial charge in [0.15, 0.2) is 0 Å². The molecule has 1 heterocycles. The number of primary sulfonamides is 1. The van der Waals surface area contributed by atoms with E-state index in [1.54, 1.807) is 4.90 Å². The number of sulfonamides is 1. The van der Waals surface area contributed by atoms with Crippen LogP contribution < -0.4 is 10.0 Å². The molecule has 0 aromatic heterocycles. The van der Waals surface area contributed by atoms with Crippen LogP contribution in [0.3, 0.4) is 0 Å². The monoisotopic (exact) mass is 244 g/mol. The second-order valence-electron chi connectivity index (χ2n) is 3.83. The fourth-order valence-corrected chi connectivity index (χ4v) is 2.74. The van der Waals surface area contributed by atoms with E-state index < -0.39 is 15.8 Å². The second-order valence-corrected chi connectivity index (χ2v) is 5.36. The lowest BCUT2D eigenvalue weighted by atomic mass is 10.3. The van der Waals surface area contributed by atoms with Crippen LogP contribution in [0, 0.1) is 5.82 Å². The van der Waals surface area contributed by atoms with E-state index in [9.17, 15) is 12.8 Å². The van der Waals surface area contributed by atoms with Crippen LogP contribution in [0.15, 0.2) is 23.1 Å². The van der Waals surface area contributed by atoms with Crippen molar-refractivity contribution >= 4 is 15.7 Å². The van der Waals surface area contributed by atoms with Crippen LogP contribution in [-0.4, -0.2) is 21.5 Å². The topological polar surface area (TPSA) is 63.4 Å². The molecule has 1 aromatic rings. The van der Waals surface area contributed by atoms with Gasteiger partial charge in [-0.2, -0.15) is 0 Å².